The van der Waals surface area contributed by atoms with E-state index in [1.807, 2.05) is 19.1 Å². The Morgan fingerprint density at radius 3 is 2.87 bits per heavy atom. The number of fused-ring (bicyclic) bond motifs is 1. The van der Waals surface area contributed by atoms with Crippen molar-refractivity contribution in [2.24, 2.45) is 0 Å². The number of aryl methyl sites for hydroxylation is 1. The van der Waals surface area contributed by atoms with Crippen LogP contribution in [0.2, 0.25) is 0 Å². The number of hydrogen-bond donors (Lipinski definition) is 1. The molecule has 0 aliphatic heterocycles. The fourth-order valence-corrected chi connectivity index (χ4v) is 2.41. The Labute approximate surface area is 90.3 Å². The highest BCUT2D eigenvalue weighted by molar-refractivity contribution is 7.14. The standard InChI is InChI=1S/C10H10N2O2S/c1-6-3-4-7-8(5-6)15-12(9(7)13)10(14)11-2/h3-5H,1-2H3,(H,11,14). The molecule has 0 fully saturated rings. The third-order valence-electron chi connectivity index (χ3n) is 2.14. The monoisotopic (exact) mass is 222 g/mol. The fourth-order valence-electron chi connectivity index (χ4n) is 1.37. The topological polar surface area (TPSA) is 51.1 Å². The van der Waals surface area contributed by atoms with E-state index in [-0.39, 0.29) is 11.6 Å². The van der Waals surface area contributed by atoms with Crippen LogP contribution in [0.25, 0.3) is 10.1 Å². The zero-order valence-electron chi connectivity index (χ0n) is 8.40. The van der Waals surface area contributed by atoms with Crippen molar-refractivity contribution in [1.82, 2.24) is 9.27 Å². The van der Waals surface area contributed by atoms with Crippen LogP contribution in [0.15, 0.2) is 23.0 Å². The number of rotatable bonds is 0. The van der Waals surface area contributed by atoms with Gasteiger partial charge in [-0.25, -0.2) is 4.79 Å². The highest BCUT2D eigenvalue weighted by Crippen LogP contribution is 2.17. The van der Waals surface area contributed by atoms with Gasteiger partial charge in [0, 0.05) is 7.05 Å². The lowest BCUT2D eigenvalue weighted by molar-refractivity contribution is 0.246. The minimum Gasteiger partial charge on any atom is -0.340 e. The van der Waals surface area contributed by atoms with E-state index in [9.17, 15) is 9.59 Å². The molecule has 0 aliphatic rings. The highest BCUT2D eigenvalue weighted by Gasteiger charge is 2.11. The van der Waals surface area contributed by atoms with Gasteiger partial charge in [0.1, 0.15) is 0 Å². The molecule has 0 saturated carbocycles. The van der Waals surface area contributed by atoms with Crippen LogP contribution in [-0.2, 0) is 0 Å². The Morgan fingerprint density at radius 2 is 2.20 bits per heavy atom. The van der Waals surface area contributed by atoms with Crippen molar-refractivity contribution in [1.29, 1.82) is 0 Å². The lowest BCUT2D eigenvalue weighted by atomic mass is 10.2. The highest BCUT2D eigenvalue weighted by atomic mass is 32.1. The average Bonchev–Trinajstić information content (AvgIpc) is 2.54. The molecule has 0 unspecified atom stereocenters. The summed E-state index contributed by atoms with van der Waals surface area (Å²) in [4.78, 5) is 23.1. The number of amides is 1. The van der Waals surface area contributed by atoms with Crippen LogP contribution < -0.4 is 10.9 Å². The maximum Gasteiger partial charge on any atom is 0.337 e. The molecule has 0 aliphatic carbocycles. The van der Waals surface area contributed by atoms with E-state index in [4.69, 9.17) is 0 Å². The normalized spacial score (nSPS) is 10.5. The molecule has 0 spiro atoms. The summed E-state index contributed by atoms with van der Waals surface area (Å²) in [5.74, 6) is 0. The molecule has 0 radical (unpaired) electrons. The Kier molecular flexibility index (Phi) is 2.32. The number of aromatic nitrogens is 1. The second-order valence-corrected chi connectivity index (χ2v) is 4.23. The van der Waals surface area contributed by atoms with E-state index < -0.39 is 0 Å². The van der Waals surface area contributed by atoms with Crippen LogP contribution in [0.1, 0.15) is 5.56 Å². The summed E-state index contributed by atoms with van der Waals surface area (Å²) >= 11 is 1.16. The third kappa shape index (κ3) is 1.55. The molecule has 15 heavy (non-hydrogen) atoms. The van der Waals surface area contributed by atoms with Gasteiger partial charge in [-0.3, -0.25) is 4.79 Å². The van der Waals surface area contributed by atoms with Crippen molar-refractivity contribution < 1.29 is 4.79 Å². The average molecular weight is 222 g/mol. The second kappa shape index (κ2) is 3.51. The molecule has 1 heterocycles. The number of carbonyl (C=O) groups is 1. The van der Waals surface area contributed by atoms with E-state index in [0.717, 1.165) is 25.8 Å². The van der Waals surface area contributed by atoms with Gasteiger partial charge in [-0.05, 0) is 36.2 Å². The molecule has 1 N–H and O–H groups in total. The van der Waals surface area contributed by atoms with Gasteiger partial charge >= 0.3 is 6.03 Å². The van der Waals surface area contributed by atoms with E-state index in [1.165, 1.54) is 7.05 Å². The molecular weight excluding hydrogens is 212 g/mol. The Balaban J connectivity index is 2.75. The quantitative estimate of drug-likeness (QED) is 0.735. The summed E-state index contributed by atoms with van der Waals surface area (Å²) in [7, 11) is 1.50. The van der Waals surface area contributed by atoms with Crippen LogP contribution in [0.4, 0.5) is 4.79 Å². The van der Waals surface area contributed by atoms with Crippen molar-refractivity contribution >= 4 is 27.6 Å². The molecule has 78 valence electrons. The molecule has 0 saturated heterocycles. The second-order valence-electron chi connectivity index (χ2n) is 3.25. The van der Waals surface area contributed by atoms with Crippen molar-refractivity contribution in [3.8, 4) is 0 Å². The van der Waals surface area contributed by atoms with Gasteiger partial charge in [0.15, 0.2) is 0 Å². The number of benzene rings is 1. The van der Waals surface area contributed by atoms with E-state index in [2.05, 4.69) is 5.32 Å². The van der Waals surface area contributed by atoms with Gasteiger partial charge in [0.2, 0.25) is 0 Å². The Hall–Kier alpha value is -1.62. The van der Waals surface area contributed by atoms with Gasteiger partial charge in [-0.2, -0.15) is 3.96 Å². The van der Waals surface area contributed by atoms with Crippen LogP contribution in [0.3, 0.4) is 0 Å². The SMILES string of the molecule is CNC(=O)n1sc2cc(C)ccc2c1=O. The van der Waals surface area contributed by atoms with Gasteiger partial charge < -0.3 is 5.32 Å². The first-order chi connectivity index (χ1) is 7.13. The molecule has 5 heteroatoms. The number of nitrogens with one attached hydrogen (secondary N) is 1. The summed E-state index contributed by atoms with van der Waals surface area (Å²) in [5.41, 5.74) is 0.821. The van der Waals surface area contributed by atoms with Crippen molar-refractivity contribution in [3.05, 3.63) is 34.1 Å². The van der Waals surface area contributed by atoms with Crippen LogP contribution in [0.5, 0.6) is 0 Å². The van der Waals surface area contributed by atoms with Crippen LogP contribution in [0, 0.1) is 6.92 Å². The largest absolute Gasteiger partial charge is 0.340 e. The van der Waals surface area contributed by atoms with Crippen molar-refractivity contribution in [2.75, 3.05) is 7.05 Å². The molecule has 4 nitrogen and oxygen atoms in total. The van der Waals surface area contributed by atoms with E-state index in [1.54, 1.807) is 6.07 Å². The molecule has 2 aromatic rings. The van der Waals surface area contributed by atoms with Crippen LogP contribution >= 0.6 is 11.5 Å². The summed E-state index contributed by atoms with van der Waals surface area (Å²) in [6, 6.07) is 5.13. The van der Waals surface area contributed by atoms with Crippen molar-refractivity contribution in [2.45, 2.75) is 6.92 Å². The number of hydrogen-bond acceptors (Lipinski definition) is 3. The molecule has 0 bridgehead atoms. The smallest absolute Gasteiger partial charge is 0.337 e. The number of carbonyl (C=O) groups excluding carboxylic acids is 1. The van der Waals surface area contributed by atoms with Gasteiger partial charge in [0.25, 0.3) is 5.56 Å². The number of nitrogens with zero attached hydrogens (tertiary/aromatic N) is 1. The molecule has 2 rings (SSSR count). The minimum absolute atomic E-state index is 0.255. The first-order valence-corrected chi connectivity index (χ1v) is 5.25. The predicted octanol–water partition coefficient (Wildman–Crippen LogP) is 1.56. The first kappa shape index (κ1) is 9.92. The van der Waals surface area contributed by atoms with E-state index in [0.29, 0.717) is 5.39 Å². The summed E-state index contributed by atoms with van der Waals surface area (Å²) in [5, 5.41) is 3.02. The zero-order valence-corrected chi connectivity index (χ0v) is 9.22. The lowest BCUT2D eigenvalue weighted by Crippen LogP contribution is -2.30. The Bertz CT molecular complexity index is 583. The maximum absolute atomic E-state index is 11.8. The summed E-state index contributed by atoms with van der Waals surface area (Å²) in [6.07, 6.45) is 0. The molecular formula is C10H10N2O2S. The van der Waals surface area contributed by atoms with E-state index >= 15 is 0 Å². The van der Waals surface area contributed by atoms with Crippen LogP contribution in [-0.4, -0.2) is 17.0 Å². The van der Waals surface area contributed by atoms with Gasteiger partial charge in [0.05, 0.1) is 10.1 Å². The summed E-state index contributed by atoms with van der Waals surface area (Å²) < 4.78 is 1.97. The summed E-state index contributed by atoms with van der Waals surface area (Å²) in [6.45, 7) is 1.95. The maximum atomic E-state index is 11.8. The zero-order chi connectivity index (χ0) is 11.0. The fraction of sp³-hybridized carbons (Fsp3) is 0.200. The Morgan fingerprint density at radius 1 is 1.47 bits per heavy atom. The minimum atomic E-state index is -0.390. The van der Waals surface area contributed by atoms with Crippen molar-refractivity contribution in [3.63, 3.8) is 0 Å². The molecule has 1 aromatic heterocycles. The lowest BCUT2D eigenvalue weighted by Gasteiger charge is -1.94. The van der Waals surface area contributed by atoms with Gasteiger partial charge in [-0.1, -0.05) is 6.07 Å². The molecule has 1 aromatic carbocycles. The predicted molar refractivity (Wildman–Crippen MR) is 60.7 cm³/mol. The van der Waals surface area contributed by atoms with Gasteiger partial charge in [-0.15, -0.1) is 0 Å². The molecule has 1 amide bonds. The third-order valence-corrected chi connectivity index (χ3v) is 3.19. The molecule has 0 atom stereocenters. The first-order valence-electron chi connectivity index (χ1n) is 4.48.